The average Bonchev–Trinajstić information content (AvgIpc) is 3.48. The van der Waals surface area contributed by atoms with Crippen molar-refractivity contribution >= 4 is 17.2 Å². The van der Waals surface area contributed by atoms with E-state index in [9.17, 15) is 14.3 Å². The fourth-order valence-corrected chi connectivity index (χ4v) is 5.34. The molecule has 186 valence electrons. The van der Waals surface area contributed by atoms with E-state index < -0.39 is 11.9 Å². The normalized spacial score (nSPS) is 18.9. The molecule has 0 spiro atoms. The van der Waals surface area contributed by atoms with Crippen LogP contribution in [0.1, 0.15) is 43.2 Å². The van der Waals surface area contributed by atoms with Crippen LogP contribution in [-0.4, -0.2) is 72.4 Å². The SMILES string of the molecule is CC(C)OCC(O)CN(CC(=O)N1CCc2sccc2C1COc1ccccc1F)CC1CC1. The van der Waals surface area contributed by atoms with Gasteiger partial charge in [-0.05, 0) is 68.2 Å². The van der Waals surface area contributed by atoms with E-state index in [1.54, 1.807) is 29.5 Å². The molecule has 2 unspecified atom stereocenters. The maximum absolute atomic E-state index is 14.1. The predicted molar refractivity (Wildman–Crippen MR) is 131 cm³/mol. The molecule has 1 N–H and O–H groups in total. The minimum atomic E-state index is -0.640. The summed E-state index contributed by atoms with van der Waals surface area (Å²) in [5, 5.41) is 12.5. The summed E-state index contributed by atoms with van der Waals surface area (Å²) >= 11 is 1.69. The molecule has 8 heteroatoms. The van der Waals surface area contributed by atoms with Gasteiger partial charge in [0, 0.05) is 24.5 Å². The van der Waals surface area contributed by atoms with Gasteiger partial charge in [-0.25, -0.2) is 4.39 Å². The average molecular weight is 491 g/mol. The monoisotopic (exact) mass is 490 g/mol. The highest BCUT2D eigenvalue weighted by Crippen LogP contribution is 2.35. The third kappa shape index (κ3) is 6.78. The number of hydrogen-bond donors (Lipinski definition) is 1. The largest absolute Gasteiger partial charge is 0.488 e. The molecule has 1 aromatic carbocycles. The first kappa shape index (κ1) is 25.1. The van der Waals surface area contributed by atoms with Crippen molar-refractivity contribution in [1.29, 1.82) is 0 Å². The molecule has 1 aliphatic heterocycles. The lowest BCUT2D eigenvalue weighted by molar-refractivity contribution is -0.136. The van der Waals surface area contributed by atoms with Gasteiger partial charge in [0.25, 0.3) is 0 Å². The number of carbonyl (C=O) groups is 1. The van der Waals surface area contributed by atoms with Crippen molar-refractivity contribution in [1.82, 2.24) is 9.80 Å². The van der Waals surface area contributed by atoms with Crippen LogP contribution in [0.25, 0.3) is 0 Å². The Kier molecular flexibility index (Phi) is 8.58. The summed E-state index contributed by atoms with van der Waals surface area (Å²) in [6.07, 6.45) is 2.56. The maximum atomic E-state index is 14.1. The summed E-state index contributed by atoms with van der Waals surface area (Å²) in [7, 11) is 0. The number of rotatable bonds is 12. The number of hydrogen-bond acceptors (Lipinski definition) is 6. The van der Waals surface area contributed by atoms with Crippen molar-refractivity contribution in [3.63, 3.8) is 0 Å². The number of fused-ring (bicyclic) bond motifs is 1. The van der Waals surface area contributed by atoms with Gasteiger partial charge in [-0.15, -0.1) is 11.3 Å². The van der Waals surface area contributed by atoms with Gasteiger partial charge >= 0.3 is 0 Å². The summed E-state index contributed by atoms with van der Waals surface area (Å²) in [6, 6.07) is 8.13. The Hall–Kier alpha value is -2.00. The van der Waals surface area contributed by atoms with Crippen molar-refractivity contribution in [3.8, 4) is 5.75 Å². The summed E-state index contributed by atoms with van der Waals surface area (Å²) in [5.41, 5.74) is 1.08. The molecule has 2 aliphatic rings. The number of benzene rings is 1. The van der Waals surface area contributed by atoms with E-state index >= 15 is 0 Å². The second-order valence-corrected chi connectivity index (χ2v) is 10.6. The molecule has 0 bridgehead atoms. The summed E-state index contributed by atoms with van der Waals surface area (Å²) in [5.74, 6) is 0.392. The van der Waals surface area contributed by atoms with E-state index in [1.165, 1.54) is 23.8 Å². The number of halogens is 1. The minimum absolute atomic E-state index is 0.0108. The first-order valence-corrected chi connectivity index (χ1v) is 13.0. The van der Waals surface area contributed by atoms with Crippen LogP contribution >= 0.6 is 11.3 Å². The fraction of sp³-hybridized carbons (Fsp3) is 0.577. The number of aliphatic hydroxyl groups excluding tert-OH is 1. The molecule has 34 heavy (non-hydrogen) atoms. The third-order valence-corrected chi connectivity index (χ3v) is 7.31. The first-order chi connectivity index (χ1) is 16.4. The Labute approximate surface area is 205 Å². The van der Waals surface area contributed by atoms with Gasteiger partial charge in [0.2, 0.25) is 5.91 Å². The molecule has 4 rings (SSSR count). The van der Waals surface area contributed by atoms with E-state index in [1.807, 2.05) is 30.2 Å². The van der Waals surface area contributed by atoms with Crippen LogP contribution in [-0.2, 0) is 16.0 Å². The molecule has 2 atom stereocenters. The van der Waals surface area contributed by atoms with Crippen molar-refractivity contribution in [3.05, 3.63) is 52.0 Å². The second-order valence-electron chi connectivity index (χ2n) is 9.57. The smallest absolute Gasteiger partial charge is 0.237 e. The van der Waals surface area contributed by atoms with Crippen molar-refractivity contribution in [2.45, 2.75) is 51.4 Å². The topological polar surface area (TPSA) is 62.2 Å². The Morgan fingerprint density at radius 1 is 1.29 bits per heavy atom. The highest BCUT2D eigenvalue weighted by molar-refractivity contribution is 7.10. The maximum Gasteiger partial charge on any atom is 0.237 e. The molecule has 1 saturated carbocycles. The number of aliphatic hydroxyl groups is 1. The number of carbonyl (C=O) groups excluding carboxylic acids is 1. The van der Waals surface area contributed by atoms with E-state index in [0.29, 0.717) is 19.0 Å². The quantitative estimate of drug-likeness (QED) is 0.489. The third-order valence-electron chi connectivity index (χ3n) is 6.31. The summed E-state index contributed by atoms with van der Waals surface area (Å²) in [6.45, 7) is 6.39. The van der Waals surface area contributed by atoms with Gasteiger partial charge in [0.15, 0.2) is 11.6 Å². The van der Waals surface area contributed by atoms with Gasteiger partial charge in [-0.2, -0.15) is 0 Å². The van der Waals surface area contributed by atoms with Crippen LogP contribution in [0.3, 0.4) is 0 Å². The number of amides is 1. The van der Waals surface area contributed by atoms with Crippen molar-refractivity contribution in [2.75, 3.05) is 39.4 Å². The van der Waals surface area contributed by atoms with Gasteiger partial charge in [-0.3, -0.25) is 9.69 Å². The highest BCUT2D eigenvalue weighted by atomic mass is 32.1. The standard InChI is InChI=1S/C26H35FN2O4S/c1-18(2)32-16-20(30)14-28(13-19-7-8-19)15-26(31)29-11-9-25-21(10-12-34-25)23(29)17-33-24-6-4-3-5-22(24)27/h3-6,10,12,18-20,23,30H,7-9,11,13-17H2,1-2H3. The number of para-hydroxylation sites is 1. The van der Waals surface area contributed by atoms with E-state index in [-0.39, 0.29) is 43.6 Å². The van der Waals surface area contributed by atoms with Crippen LogP contribution < -0.4 is 4.74 Å². The van der Waals surface area contributed by atoms with E-state index in [4.69, 9.17) is 9.47 Å². The zero-order valence-electron chi connectivity index (χ0n) is 20.0. The molecule has 2 heterocycles. The predicted octanol–water partition coefficient (Wildman–Crippen LogP) is 3.89. The zero-order chi connectivity index (χ0) is 24.1. The fourth-order valence-electron chi connectivity index (χ4n) is 4.41. The number of ether oxygens (including phenoxy) is 2. The molecular formula is C26H35FN2O4S. The van der Waals surface area contributed by atoms with Gasteiger partial charge in [0.05, 0.1) is 31.4 Å². The highest BCUT2D eigenvalue weighted by Gasteiger charge is 2.34. The Morgan fingerprint density at radius 3 is 2.82 bits per heavy atom. The molecular weight excluding hydrogens is 455 g/mol. The molecule has 1 aromatic heterocycles. The minimum Gasteiger partial charge on any atom is -0.488 e. The molecule has 1 aliphatic carbocycles. The zero-order valence-corrected chi connectivity index (χ0v) is 20.8. The molecule has 0 saturated heterocycles. The lowest BCUT2D eigenvalue weighted by Crippen LogP contribution is -2.48. The van der Waals surface area contributed by atoms with Crippen molar-refractivity contribution in [2.24, 2.45) is 5.92 Å². The lowest BCUT2D eigenvalue weighted by atomic mass is 10.0. The van der Waals surface area contributed by atoms with Crippen LogP contribution in [0.4, 0.5) is 4.39 Å². The summed E-state index contributed by atoms with van der Waals surface area (Å²) in [4.78, 5) is 18.7. The first-order valence-electron chi connectivity index (χ1n) is 12.2. The molecule has 0 radical (unpaired) electrons. The van der Waals surface area contributed by atoms with Gasteiger partial charge in [-0.1, -0.05) is 12.1 Å². The van der Waals surface area contributed by atoms with E-state index in [0.717, 1.165) is 18.5 Å². The number of thiophene rings is 1. The lowest BCUT2D eigenvalue weighted by Gasteiger charge is -2.37. The Balaban J connectivity index is 1.43. The second kappa shape index (κ2) is 11.6. The molecule has 1 amide bonds. The van der Waals surface area contributed by atoms with Crippen LogP contribution in [0.15, 0.2) is 35.7 Å². The van der Waals surface area contributed by atoms with Crippen LogP contribution in [0, 0.1) is 11.7 Å². The molecule has 2 aromatic rings. The Morgan fingerprint density at radius 2 is 2.09 bits per heavy atom. The van der Waals surface area contributed by atoms with E-state index in [2.05, 4.69) is 4.90 Å². The van der Waals surface area contributed by atoms with Gasteiger partial charge < -0.3 is 19.5 Å². The molecule has 1 fully saturated rings. The summed E-state index contributed by atoms with van der Waals surface area (Å²) < 4.78 is 25.5. The molecule has 6 nitrogen and oxygen atoms in total. The van der Waals surface area contributed by atoms with Crippen LogP contribution in [0.5, 0.6) is 5.75 Å². The van der Waals surface area contributed by atoms with Gasteiger partial charge in [0.1, 0.15) is 6.61 Å². The van der Waals surface area contributed by atoms with Crippen molar-refractivity contribution < 1.29 is 23.8 Å². The van der Waals surface area contributed by atoms with Crippen LogP contribution in [0.2, 0.25) is 0 Å². The Bertz CT molecular complexity index is 948. The number of nitrogens with zero attached hydrogens (tertiary/aromatic N) is 2.